The average Bonchev–Trinajstić information content (AvgIpc) is 2.89. The molecule has 2 N–H and O–H groups in total. The number of fused-ring (bicyclic) bond motifs is 1. The van der Waals surface area contributed by atoms with E-state index in [4.69, 9.17) is 0 Å². The maximum absolute atomic E-state index is 13.1. The van der Waals surface area contributed by atoms with Crippen LogP contribution >= 0.6 is 0 Å². The third kappa shape index (κ3) is 10.8. The molecule has 0 aliphatic rings. The van der Waals surface area contributed by atoms with Crippen molar-refractivity contribution < 1.29 is 25.9 Å². The molecule has 10 heteroatoms. The molecule has 0 bridgehead atoms. The first kappa shape index (κ1) is 39.1. The van der Waals surface area contributed by atoms with Gasteiger partial charge in [0.2, 0.25) is 0 Å². The maximum atomic E-state index is 13.1. The molecule has 0 aliphatic carbocycles. The van der Waals surface area contributed by atoms with Crippen LogP contribution in [-0.4, -0.2) is 42.1 Å². The van der Waals surface area contributed by atoms with E-state index in [1.54, 1.807) is 6.07 Å². The molecule has 252 valence electrons. The van der Waals surface area contributed by atoms with Crippen molar-refractivity contribution in [2.75, 3.05) is 0 Å². The lowest BCUT2D eigenvalue weighted by Gasteiger charge is -2.32. The molecule has 0 radical (unpaired) electrons. The summed E-state index contributed by atoms with van der Waals surface area (Å²) in [7, 11) is -14.0. The Morgan fingerprint density at radius 2 is 0.955 bits per heavy atom. The lowest BCUT2D eigenvalue weighted by atomic mass is 9.91. The Morgan fingerprint density at radius 3 is 1.34 bits per heavy atom. The SMILES string of the molecule is CCCCCCCCCc1c(S(=O)(=O)O)c(S(=O)(=O)O)c2ccc([Si](C)(C)C)c([Si](C)(C)C)c2c1CCCCCCCCC. The summed E-state index contributed by atoms with van der Waals surface area (Å²) in [4.78, 5) is -1.27. The van der Waals surface area contributed by atoms with Gasteiger partial charge in [-0.3, -0.25) is 9.11 Å². The molecule has 6 nitrogen and oxygen atoms in total. The molecule has 2 rings (SSSR count). The van der Waals surface area contributed by atoms with Crippen LogP contribution in [0.1, 0.15) is 115 Å². The van der Waals surface area contributed by atoms with E-state index in [-0.39, 0.29) is 5.39 Å². The zero-order chi connectivity index (χ0) is 33.3. The number of rotatable bonds is 20. The van der Waals surface area contributed by atoms with Crippen molar-refractivity contribution in [3.05, 3.63) is 23.3 Å². The first-order chi connectivity index (χ1) is 20.4. The molecule has 0 saturated heterocycles. The summed E-state index contributed by atoms with van der Waals surface area (Å²) in [5.74, 6) is 0. The number of hydrogen-bond donors (Lipinski definition) is 2. The maximum Gasteiger partial charge on any atom is 0.296 e. The zero-order valence-corrected chi connectivity index (χ0v) is 32.4. The lowest BCUT2D eigenvalue weighted by molar-refractivity contribution is 0.465. The van der Waals surface area contributed by atoms with Gasteiger partial charge in [0.1, 0.15) is 9.79 Å². The second-order valence-corrected chi connectivity index (χ2v) is 27.5. The van der Waals surface area contributed by atoms with Crippen LogP contribution in [0.2, 0.25) is 39.3 Å². The molecule has 2 aromatic carbocycles. The Bertz CT molecular complexity index is 1450. The van der Waals surface area contributed by atoms with Crippen molar-refractivity contribution in [3.63, 3.8) is 0 Å². The minimum absolute atomic E-state index is 0.223. The van der Waals surface area contributed by atoms with E-state index in [0.29, 0.717) is 24.8 Å². The Hall–Kier alpha value is -1.05. The molecule has 0 aliphatic heterocycles. The van der Waals surface area contributed by atoms with E-state index in [0.717, 1.165) is 68.7 Å². The Labute approximate surface area is 271 Å². The minimum atomic E-state index is -4.99. The van der Waals surface area contributed by atoms with Crippen LogP contribution < -0.4 is 10.4 Å². The van der Waals surface area contributed by atoms with Crippen LogP contribution in [0.15, 0.2) is 21.9 Å². The second kappa shape index (κ2) is 16.7. The van der Waals surface area contributed by atoms with E-state index in [9.17, 15) is 25.9 Å². The highest BCUT2D eigenvalue weighted by Gasteiger charge is 2.37. The fourth-order valence-electron chi connectivity index (χ4n) is 6.64. The number of hydrogen-bond acceptors (Lipinski definition) is 4. The van der Waals surface area contributed by atoms with Gasteiger partial charge in [0.25, 0.3) is 20.2 Å². The fraction of sp³-hybridized carbons (Fsp3) is 0.706. The number of benzene rings is 2. The molecule has 0 heterocycles. The molecule has 0 saturated carbocycles. The first-order valence-corrected chi connectivity index (χ1v) is 26.9. The third-order valence-electron chi connectivity index (χ3n) is 8.73. The summed E-state index contributed by atoms with van der Waals surface area (Å²) in [5, 5.41) is 3.46. The molecular weight excluding hydrogens is 625 g/mol. The average molecular weight is 685 g/mol. The van der Waals surface area contributed by atoms with Gasteiger partial charge in [-0.2, -0.15) is 16.8 Å². The van der Waals surface area contributed by atoms with E-state index < -0.39 is 46.2 Å². The summed E-state index contributed by atoms with van der Waals surface area (Å²) in [6, 6.07) is 3.65. The van der Waals surface area contributed by atoms with Gasteiger partial charge in [-0.1, -0.05) is 153 Å². The smallest absolute Gasteiger partial charge is 0.282 e. The Morgan fingerprint density at radius 1 is 0.545 bits per heavy atom. The van der Waals surface area contributed by atoms with E-state index in [1.165, 1.54) is 36.1 Å². The summed E-state index contributed by atoms with van der Waals surface area (Å²) in [6.07, 6.45) is 15.9. The van der Waals surface area contributed by atoms with Crippen molar-refractivity contribution in [1.29, 1.82) is 0 Å². The Kier molecular flexibility index (Phi) is 14.8. The van der Waals surface area contributed by atoms with Gasteiger partial charge in [0, 0.05) is 5.39 Å². The minimum Gasteiger partial charge on any atom is -0.282 e. The monoisotopic (exact) mass is 684 g/mol. The van der Waals surface area contributed by atoms with Crippen molar-refractivity contribution >= 4 is 57.5 Å². The molecule has 2 aromatic rings. The zero-order valence-electron chi connectivity index (χ0n) is 28.8. The van der Waals surface area contributed by atoms with E-state index in [1.807, 2.05) is 6.07 Å². The number of unbranched alkanes of at least 4 members (excludes halogenated alkanes) is 12. The third-order valence-corrected chi connectivity index (χ3v) is 15.1. The summed E-state index contributed by atoms with van der Waals surface area (Å²) < 4.78 is 73.6. The topological polar surface area (TPSA) is 109 Å². The van der Waals surface area contributed by atoms with Crippen molar-refractivity contribution in [2.45, 2.75) is 166 Å². The quantitative estimate of drug-likeness (QED) is 0.0819. The normalized spacial score (nSPS) is 13.2. The van der Waals surface area contributed by atoms with Crippen LogP contribution in [0.3, 0.4) is 0 Å². The molecule has 0 aromatic heterocycles. The van der Waals surface area contributed by atoms with E-state index >= 15 is 0 Å². The van der Waals surface area contributed by atoms with Crippen LogP contribution in [0.25, 0.3) is 10.8 Å². The van der Waals surface area contributed by atoms with Crippen LogP contribution in [-0.2, 0) is 33.1 Å². The molecule has 0 fully saturated rings. The number of aryl methyl sites for hydroxylation is 1. The largest absolute Gasteiger partial charge is 0.296 e. The first-order valence-electron chi connectivity index (χ1n) is 17.0. The highest BCUT2D eigenvalue weighted by molar-refractivity contribution is 7.89. The van der Waals surface area contributed by atoms with E-state index in [2.05, 4.69) is 53.1 Å². The molecular formula is C34H60O6S2Si2. The van der Waals surface area contributed by atoms with Gasteiger partial charge in [0.05, 0.1) is 16.1 Å². The van der Waals surface area contributed by atoms with Crippen molar-refractivity contribution in [3.8, 4) is 0 Å². The van der Waals surface area contributed by atoms with Gasteiger partial charge in [0.15, 0.2) is 0 Å². The lowest BCUT2D eigenvalue weighted by Crippen LogP contribution is -2.56. The van der Waals surface area contributed by atoms with Crippen LogP contribution in [0.4, 0.5) is 0 Å². The summed E-state index contributed by atoms with van der Waals surface area (Å²) in [5.41, 5.74) is 1.25. The van der Waals surface area contributed by atoms with Gasteiger partial charge in [-0.05, 0) is 42.2 Å². The Balaban J connectivity index is 2.94. The van der Waals surface area contributed by atoms with Gasteiger partial charge in [-0.15, -0.1) is 0 Å². The highest BCUT2D eigenvalue weighted by atomic mass is 32.2. The molecule has 0 atom stereocenters. The molecule has 0 unspecified atom stereocenters. The van der Waals surface area contributed by atoms with Gasteiger partial charge in [-0.25, -0.2) is 0 Å². The standard InChI is InChI=1S/C34H60O6S2Si2/c1-9-11-13-15-17-19-21-23-27-28(24-22-20-18-16-14-12-10-2)32(41(35,36)37)33(42(38,39)40)29-25-26-30(43(3,4)5)34(31(27)29)44(6,7)8/h25-26H,9-24H2,1-8H3,(H,35,36,37)(H,38,39,40). The predicted molar refractivity (Wildman–Crippen MR) is 193 cm³/mol. The second-order valence-electron chi connectivity index (χ2n) is 14.7. The highest BCUT2D eigenvalue weighted by Crippen LogP contribution is 2.39. The van der Waals surface area contributed by atoms with Gasteiger partial charge < -0.3 is 0 Å². The van der Waals surface area contributed by atoms with Crippen LogP contribution in [0.5, 0.6) is 0 Å². The summed E-state index contributed by atoms with van der Waals surface area (Å²) >= 11 is 0. The van der Waals surface area contributed by atoms with Crippen molar-refractivity contribution in [2.24, 2.45) is 0 Å². The summed E-state index contributed by atoms with van der Waals surface area (Å²) in [6.45, 7) is 18.0. The molecule has 44 heavy (non-hydrogen) atoms. The molecule has 0 spiro atoms. The van der Waals surface area contributed by atoms with Crippen molar-refractivity contribution in [1.82, 2.24) is 0 Å². The molecule has 0 amide bonds. The fourth-order valence-corrected chi connectivity index (χ4v) is 14.6. The van der Waals surface area contributed by atoms with Gasteiger partial charge >= 0.3 is 0 Å². The predicted octanol–water partition coefficient (Wildman–Crippen LogP) is 9.01. The van der Waals surface area contributed by atoms with Crippen LogP contribution in [0, 0.1) is 0 Å².